The summed E-state index contributed by atoms with van der Waals surface area (Å²) in [5.41, 5.74) is 1.80. The van der Waals surface area contributed by atoms with Crippen molar-refractivity contribution in [1.82, 2.24) is 14.9 Å². The zero-order valence-corrected chi connectivity index (χ0v) is 13.6. The van der Waals surface area contributed by atoms with Crippen LogP contribution in [-0.2, 0) is 6.54 Å². The third kappa shape index (κ3) is 2.98. The zero-order valence-electron chi connectivity index (χ0n) is 12.9. The van der Waals surface area contributed by atoms with Crippen molar-refractivity contribution in [2.45, 2.75) is 6.54 Å². The summed E-state index contributed by atoms with van der Waals surface area (Å²) >= 11 is 5.87. The standard InChI is InChI=1S/C16H13ClN6O/c1-3-21-16(24)14-15(20-2)23(5-4-17)13-7-11(9-19)10(8-18)6-12(13)22-14/h3,6-7H,1,4-5H2,2H3,(H,21,24). The number of aryl methyl sites for hydroxylation is 1. The van der Waals surface area contributed by atoms with E-state index in [0.29, 0.717) is 23.1 Å². The summed E-state index contributed by atoms with van der Waals surface area (Å²) in [7, 11) is 1.53. The number of hydrogen-bond donors (Lipinski definition) is 1. The number of hydrogen-bond acceptors (Lipinski definition) is 5. The molecule has 0 saturated carbocycles. The van der Waals surface area contributed by atoms with E-state index in [1.165, 1.54) is 19.3 Å². The second-order valence-electron chi connectivity index (χ2n) is 4.64. The summed E-state index contributed by atoms with van der Waals surface area (Å²) in [6.07, 6.45) is 1.25. The highest BCUT2D eigenvalue weighted by Crippen LogP contribution is 2.17. The van der Waals surface area contributed by atoms with Crippen LogP contribution in [0.5, 0.6) is 0 Å². The van der Waals surface area contributed by atoms with Crippen LogP contribution >= 0.6 is 11.6 Å². The van der Waals surface area contributed by atoms with Gasteiger partial charge in [-0.1, -0.05) is 6.58 Å². The van der Waals surface area contributed by atoms with E-state index in [1.807, 2.05) is 12.1 Å². The summed E-state index contributed by atoms with van der Waals surface area (Å²) in [6, 6.07) is 6.97. The van der Waals surface area contributed by atoms with Crippen LogP contribution in [0.2, 0.25) is 0 Å². The molecule has 0 fully saturated rings. The van der Waals surface area contributed by atoms with E-state index >= 15 is 0 Å². The Morgan fingerprint density at radius 2 is 2.12 bits per heavy atom. The Morgan fingerprint density at radius 1 is 1.46 bits per heavy atom. The first-order valence-corrected chi connectivity index (χ1v) is 7.44. The molecule has 1 N–H and O–H groups in total. The Labute approximate surface area is 143 Å². The first-order chi connectivity index (χ1) is 11.6. The summed E-state index contributed by atoms with van der Waals surface area (Å²) in [5.74, 6) is -0.199. The highest BCUT2D eigenvalue weighted by atomic mass is 35.5. The van der Waals surface area contributed by atoms with Gasteiger partial charge in [0.1, 0.15) is 12.1 Å². The lowest BCUT2D eigenvalue weighted by atomic mass is 10.1. The van der Waals surface area contributed by atoms with Gasteiger partial charge >= 0.3 is 0 Å². The molecule has 0 saturated heterocycles. The fraction of sp³-hybridized carbons (Fsp3) is 0.188. The number of rotatable bonds is 4. The number of fused-ring (bicyclic) bond motifs is 1. The number of aromatic nitrogens is 2. The molecule has 2 rings (SSSR count). The van der Waals surface area contributed by atoms with E-state index in [9.17, 15) is 15.3 Å². The number of nitrogens with zero attached hydrogens (tertiary/aromatic N) is 5. The van der Waals surface area contributed by atoms with Gasteiger partial charge < -0.3 is 9.88 Å². The van der Waals surface area contributed by atoms with Gasteiger partial charge in [0.05, 0.1) is 22.2 Å². The Kier molecular flexibility index (Phi) is 5.31. The SMILES string of the molecule is C=CNC(=O)c1nc2cc(C#N)c(C#N)cc2n(CCCl)c1=NC. The maximum Gasteiger partial charge on any atom is 0.277 e. The van der Waals surface area contributed by atoms with E-state index < -0.39 is 5.91 Å². The monoisotopic (exact) mass is 340 g/mol. The molecule has 120 valence electrons. The van der Waals surface area contributed by atoms with E-state index in [4.69, 9.17) is 11.6 Å². The van der Waals surface area contributed by atoms with Crippen LogP contribution in [0.1, 0.15) is 21.6 Å². The van der Waals surface area contributed by atoms with E-state index in [0.717, 1.165) is 0 Å². The zero-order chi connectivity index (χ0) is 17.7. The van der Waals surface area contributed by atoms with Gasteiger partial charge in [-0.2, -0.15) is 10.5 Å². The Bertz CT molecular complexity index is 977. The maximum absolute atomic E-state index is 12.2. The van der Waals surface area contributed by atoms with Gasteiger partial charge in [0, 0.05) is 19.5 Å². The molecule has 1 aromatic carbocycles. The van der Waals surface area contributed by atoms with Crippen LogP contribution in [-0.4, -0.2) is 28.4 Å². The number of nitriles is 2. The third-order valence-electron chi connectivity index (χ3n) is 3.31. The topological polar surface area (TPSA) is 107 Å². The van der Waals surface area contributed by atoms with E-state index in [2.05, 4.69) is 21.9 Å². The van der Waals surface area contributed by atoms with Crippen molar-refractivity contribution in [3.8, 4) is 12.1 Å². The minimum absolute atomic E-state index is 0.0867. The fourth-order valence-corrected chi connectivity index (χ4v) is 2.50. The third-order valence-corrected chi connectivity index (χ3v) is 3.48. The molecule has 0 bridgehead atoms. The van der Waals surface area contributed by atoms with Gasteiger partial charge in [-0.15, -0.1) is 11.6 Å². The number of halogens is 1. The Morgan fingerprint density at radius 3 is 2.67 bits per heavy atom. The highest BCUT2D eigenvalue weighted by Gasteiger charge is 2.17. The minimum Gasteiger partial charge on any atom is -0.328 e. The van der Waals surface area contributed by atoms with Crippen molar-refractivity contribution in [2.24, 2.45) is 4.99 Å². The summed E-state index contributed by atoms with van der Waals surface area (Å²) < 4.78 is 1.70. The smallest absolute Gasteiger partial charge is 0.277 e. The minimum atomic E-state index is -0.473. The summed E-state index contributed by atoms with van der Waals surface area (Å²) in [4.78, 5) is 20.7. The van der Waals surface area contributed by atoms with Crippen LogP contribution in [0.25, 0.3) is 11.0 Å². The van der Waals surface area contributed by atoms with Gasteiger partial charge in [-0.3, -0.25) is 9.79 Å². The predicted octanol–water partition coefficient (Wildman–Crippen LogP) is 1.42. The molecule has 2 aromatic rings. The Balaban J connectivity index is 2.97. The van der Waals surface area contributed by atoms with Gasteiger partial charge in [-0.25, -0.2) is 4.98 Å². The number of benzene rings is 1. The molecular formula is C16H13ClN6O. The lowest BCUT2D eigenvalue weighted by Crippen LogP contribution is -2.34. The quantitative estimate of drug-likeness (QED) is 0.849. The number of alkyl halides is 1. The van der Waals surface area contributed by atoms with Gasteiger partial charge in [0.2, 0.25) is 0 Å². The number of amides is 1. The fourth-order valence-electron chi connectivity index (χ4n) is 2.33. The molecule has 0 aliphatic heterocycles. The lowest BCUT2D eigenvalue weighted by Gasteiger charge is -2.13. The number of nitrogens with one attached hydrogen (secondary N) is 1. The van der Waals surface area contributed by atoms with Gasteiger partial charge in [0.25, 0.3) is 5.91 Å². The van der Waals surface area contributed by atoms with Crippen molar-refractivity contribution in [3.63, 3.8) is 0 Å². The molecule has 0 atom stereocenters. The lowest BCUT2D eigenvalue weighted by molar-refractivity contribution is 0.0963. The Hall–Kier alpha value is -3.16. The second kappa shape index (κ2) is 7.40. The van der Waals surface area contributed by atoms with Crippen molar-refractivity contribution in [3.05, 3.63) is 47.2 Å². The molecule has 1 heterocycles. The van der Waals surface area contributed by atoms with Crippen LogP contribution < -0.4 is 10.8 Å². The molecule has 24 heavy (non-hydrogen) atoms. The van der Waals surface area contributed by atoms with Crippen molar-refractivity contribution >= 4 is 28.5 Å². The second-order valence-corrected chi connectivity index (χ2v) is 5.01. The molecular weight excluding hydrogens is 328 g/mol. The maximum atomic E-state index is 12.2. The highest BCUT2D eigenvalue weighted by molar-refractivity contribution is 6.17. The molecule has 7 nitrogen and oxygen atoms in total. The normalized spacial score (nSPS) is 10.9. The average Bonchev–Trinajstić information content (AvgIpc) is 2.60. The molecule has 8 heteroatoms. The molecule has 0 radical (unpaired) electrons. The molecule has 0 spiro atoms. The largest absolute Gasteiger partial charge is 0.328 e. The van der Waals surface area contributed by atoms with Gasteiger partial charge in [0.15, 0.2) is 11.2 Å². The van der Waals surface area contributed by atoms with E-state index in [-0.39, 0.29) is 22.7 Å². The van der Waals surface area contributed by atoms with Crippen LogP contribution in [0.4, 0.5) is 0 Å². The number of carbonyl (C=O) groups is 1. The van der Waals surface area contributed by atoms with Gasteiger partial charge in [-0.05, 0) is 18.3 Å². The molecule has 0 unspecified atom stereocenters. The first kappa shape index (κ1) is 17.2. The van der Waals surface area contributed by atoms with Crippen LogP contribution in [0.3, 0.4) is 0 Å². The first-order valence-electron chi connectivity index (χ1n) is 6.90. The molecule has 1 aromatic heterocycles. The molecule has 0 aliphatic rings. The van der Waals surface area contributed by atoms with Crippen LogP contribution in [0, 0.1) is 22.7 Å². The predicted molar refractivity (Wildman–Crippen MR) is 89.0 cm³/mol. The summed E-state index contributed by atoms with van der Waals surface area (Å²) in [6.45, 7) is 3.81. The van der Waals surface area contributed by atoms with Crippen molar-refractivity contribution in [2.75, 3.05) is 12.9 Å². The molecule has 0 aliphatic carbocycles. The number of carbonyl (C=O) groups excluding carboxylic acids is 1. The average molecular weight is 341 g/mol. The summed E-state index contributed by atoms with van der Waals surface area (Å²) in [5, 5.41) is 20.9. The van der Waals surface area contributed by atoms with Crippen molar-refractivity contribution < 1.29 is 4.79 Å². The van der Waals surface area contributed by atoms with E-state index in [1.54, 1.807) is 10.6 Å². The van der Waals surface area contributed by atoms with Crippen molar-refractivity contribution in [1.29, 1.82) is 10.5 Å². The molecule has 1 amide bonds. The van der Waals surface area contributed by atoms with Crippen LogP contribution in [0.15, 0.2) is 29.9 Å².